The van der Waals surface area contributed by atoms with Crippen LogP contribution in [-0.2, 0) is 22.5 Å². The van der Waals surface area contributed by atoms with E-state index < -0.39 is 12.1 Å². The monoisotopic (exact) mass is 353 g/mol. The third kappa shape index (κ3) is 6.51. The van der Waals surface area contributed by atoms with Crippen LogP contribution < -0.4 is 39.4 Å². The molecule has 130 valence electrons. The molecule has 1 heterocycles. The van der Waals surface area contributed by atoms with Crippen LogP contribution in [0.1, 0.15) is 23.9 Å². The molecular formula is C19H24NNaO4. The van der Waals surface area contributed by atoms with Gasteiger partial charge in [0.1, 0.15) is 18.5 Å². The normalized spacial score (nSPS) is 11.6. The molecule has 0 bridgehead atoms. The number of benzene rings is 1. The van der Waals surface area contributed by atoms with Crippen molar-refractivity contribution in [2.75, 3.05) is 13.2 Å². The van der Waals surface area contributed by atoms with E-state index in [2.05, 4.69) is 30.5 Å². The Morgan fingerprint density at radius 2 is 1.72 bits per heavy atom. The number of nitrogens with zero attached hydrogens (tertiary/aromatic N) is 1. The van der Waals surface area contributed by atoms with Gasteiger partial charge in [-0.05, 0) is 50.6 Å². The zero-order valence-corrected chi connectivity index (χ0v) is 17.5. The zero-order chi connectivity index (χ0) is 17.5. The van der Waals surface area contributed by atoms with Crippen molar-refractivity contribution < 1.29 is 48.9 Å². The molecule has 1 aromatic carbocycles. The molecule has 6 heteroatoms. The van der Waals surface area contributed by atoms with Crippen LogP contribution in [0.2, 0.25) is 0 Å². The summed E-state index contributed by atoms with van der Waals surface area (Å²) in [4.78, 5) is 11.0. The van der Waals surface area contributed by atoms with Crippen LogP contribution in [0.15, 0.2) is 36.4 Å². The molecule has 0 spiro atoms. The first-order valence-corrected chi connectivity index (χ1v) is 8.18. The van der Waals surface area contributed by atoms with E-state index in [1.807, 2.05) is 24.3 Å². The summed E-state index contributed by atoms with van der Waals surface area (Å²) in [6.45, 7) is 7.64. The summed E-state index contributed by atoms with van der Waals surface area (Å²) in [6, 6.07) is 11.6. The SMILES string of the molecule is CCOC(Cc1ccc(OCCn2c(C)ccc2C)cc1)C(=O)[O-].[Na+]. The fraction of sp³-hybridized carbons (Fsp3) is 0.421. The summed E-state index contributed by atoms with van der Waals surface area (Å²) in [6.07, 6.45) is -0.625. The van der Waals surface area contributed by atoms with Crippen LogP contribution in [0.25, 0.3) is 0 Å². The van der Waals surface area contributed by atoms with Gasteiger partial charge in [0.05, 0.1) is 12.5 Å². The smallest absolute Gasteiger partial charge is 0.547 e. The van der Waals surface area contributed by atoms with E-state index in [9.17, 15) is 9.90 Å². The van der Waals surface area contributed by atoms with E-state index in [4.69, 9.17) is 9.47 Å². The van der Waals surface area contributed by atoms with Crippen molar-refractivity contribution >= 4 is 5.97 Å². The van der Waals surface area contributed by atoms with Gasteiger partial charge in [0.15, 0.2) is 0 Å². The summed E-state index contributed by atoms with van der Waals surface area (Å²) < 4.78 is 13.1. The van der Waals surface area contributed by atoms with Gasteiger partial charge in [0.25, 0.3) is 0 Å². The van der Waals surface area contributed by atoms with E-state index in [-0.39, 0.29) is 36.0 Å². The predicted octanol–water partition coefficient (Wildman–Crippen LogP) is -1.11. The number of aliphatic carboxylic acids is 1. The van der Waals surface area contributed by atoms with Crippen LogP contribution in [0.4, 0.5) is 0 Å². The summed E-state index contributed by atoms with van der Waals surface area (Å²) in [5, 5.41) is 11.0. The molecule has 1 unspecified atom stereocenters. The van der Waals surface area contributed by atoms with Crippen molar-refractivity contribution in [2.24, 2.45) is 0 Å². The van der Waals surface area contributed by atoms with Crippen molar-refractivity contribution in [1.29, 1.82) is 0 Å². The maximum atomic E-state index is 11.0. The van der Waals surface area contributed by atoms with Gasteiger partial charge in [-0.3, -0.25) is 0 Å². The average Bonchev–Trinajstić information content (AvgIpc) is 2.87. The Bertz CT molecular complexity index is 647. The second-order valence-electron chi connectivity index (χ2n) is 5.73. The number of carboxylic acids is 1. The molecule has 5 nitrogen and oxygen atoms in total. The van der Waals surface area contributed by atoms with Crippen molar-refractivity contribution in [3.8, 4) is 5.75 Å². The molecule has 1 aromatic heterocycles. The van der Waals surface area contributed by atoms with Gasteiger partial charge < -0.3 is 23.9 Å². The minimum Gasteiger partial charge on any atom is -0.547 e. The van der Waals surface area contributed by atoms with Gasteiger partial charge in [0.2, 0.25) is 0 Å². The largest absolute Gasteiger partial charge is 1.00 e. The molecule has 0 saturated carbocycles. The molecule has 0 fully saturated rings. The van der Waals surface area contributed by atoms with Gasteiger partial charge in [-0.25, -0.2) is 0 Å². The molecule has 0 aliphatic carbocycles. The number of ether oxygens (including phenoxy) is 2. The second kappa shape index (κ2) is 10.7. The van der Waals surface area contributed by atoms with E-state index in [0.29, 0.717) is 13.2 Å². The number of carboxylic acid groups (broad SMARTS) is 1. The Morgan fingerprint density at radius 1 is 1.12 bits per heavy atom. The standard InChI is InChI=1S/C19H25NO4.Na/c1-4-23-18(19(21)22)13-16-7-9-17(10-8-16)24-12-11-20-14(2)5-6-15(20)3;/h5-10,18H,4,11-13H2,1-3H3,(H,21,22);/q;+1/p-1. The van der Waals surface area contributed by atoms with Crippen molar-refractivity contribution in [2.45, 2.75) is 39.8 Å². The summed E-state index contributed by atoms with van der Waals surface area (Å²) in [5.74, 6) is -0.419. The summed E-state index contributed by atoms with van der Waals surface area (Å²) >= 11 is 0. The van der Waals surface area contributed by atoms with Gasteiger partial charge in [0, 0.05) is 24.4 Å². The Kier molecular flexibility index (Phi) is 9.28. The van der Waals surface area contributed by atoms with Crippen molar-refractivity contribution in [3.63, 3.8) is 0 Å². The first kappa shape index (κ1) is 21.8. The van der Waals surface area contributed by atoms with E-state index in [1.165, 1.54) is 11.4 Å². The van der Waals surface area contributed by atoms with Crippen molar-refractivity contribution in [3.05, 3.63) is 53.3 Å². The first-order chi connectivity index (χ1) is 11.5. The first-order valence-electron chi connectivity index (χ1n) is 8.18. The third-order valence-electron chi connectivity index (χ3n) is 3.98. The van der Waals surface area contributed by atoms with Gasteiger partial charge in [-0.2, -0.15) is 0 Å². The van der Waals surface area contributed by atoms with Crippen LogP contribution >= 0.6 is 0 Å². The van der Waals surface area contributed by atoms with Gasteiger partial charge in [-0.15, -0.1) is 0 Å². The zero-order valence-electron chi connectivity index (χ0n) is 15.5. The molecule has 0 aliphatic heterocycles. The molecular weight excluding hydrogens is 329 g/mol. The number of carbonyl (C=O) groups excluding carboxylic acids is 1. The molecule has 0 aliphatic rings. The molecule has 0 N–H and O–H groups in total. The molecule has 0 saturated heterocycles. The molecule has 2 rings (SSSR count). The number of aryl methyl sites for hydroxylation is 2. The van der Waals surface area contributed by atoms with Gasteiger partial charge in [-0.1, -0.05) is 12.1 Å². The molecule has 0 radical (unpaired) electrons. The van der Waals surface area contributed by atoms with Crippen LogP contribution in [0.3, 0.4) is 0 Å². The third-order valence-corrected chi connectivity index (χ3v) is 3.98. The average molecular weight is 353 g/mol. The van der Waals surface area contributed by atoms with Gasteiger partial charge >= 0.3 is 29.6 Å². The Hall–Kier alpha value is -1.27. The Morgan fingerprint density at radius 3 is 2.24 bits per heavy atom. The Balaban J connectivity index is 0.00000312. The van der Waals surface area contributed by atoms with Crippen LogP contribution in [0.5, 0.6) is 5.75 Å². The number of aromatic nitrogens is 1. The topological polar surface area (TPSA) is 63.5 Å². The molecule has 0 amide bonds. The summed E-state index contributed by atoms with van der Waals surface area (Å²) in [5.41, 5.74) is 3.31. The minimum absolute atomic E-state index is 0. The maximum absolute atomic E-state index is 11.0. The van der Waals surface area contributed by atoms with Crippen LogP contribution in [0, 0.1) is 13.8 Å². The Labute approximate surface area is 171 Å². The molecule has 1 atom stereocenters. The van der Waals surface area contributed by atoms with Crippen molar-refractivity contribution in [1.82, 2.24) is 4.57 Å². The van der Waals surface area contributed by atoms with Crippen LogP contribution in [-0.4, -0.2) is 29.9 Å². The van der Waals surface area contributed by atoms with E-state index in [0.717, 1.165) is 17.9 Å². The second-order valence-corrected chi connectivity index (χ2v) is 5.73. The molecule has 2 aromatic rings. The summed E-state index contributed by atoms with van der Waals surface area (Å²) in [7, 11) is 0. The fourth-order valence-corrected chi connectivity index (χ4v) is 2.65. The number of rotatable bonds is 9. The number of hydrogen-bond donors (Lipinski definition) is 0. The fourth-order valence-electron chi connectivity index (χ4n) is 2.65. The number of hydrogen-bond acceptors (Lipinski definition) is 4. The molecule has 25 heavy (non-hydrogen) atoms. The quantitative estimate of drug-likeness (QED) is 0.536. The maximum Gasteiger partial charge on any atom is 1.00 e. The number of carbonyl (C=O) groups is 1. The van der Waals surface area contributed by atoms with E-state index in [1.54, 1.807) is 6.92 Å². The van der Waals surface area contributed by atoms with E-state index >= 15 is 0 Å². The minimum atomic E-state index is -1.19. The predicted molar refractivity (Wildman–Crippen MR) is 90.0 cm³/mol.